The molecule has 8 heteroatoms. The van der Waals surface area contributed by atoms with Gasteiger partial charge in [0.25, 0.3) is 10.2 Å². The number of rotatable bonds is 4. The molecule has 23 heavy (non-hydrogen) atoms. The zero-order valence-electron chi connectivity index (χ0n) is 14.4. The highest BCUT2D eigenvalue weighted by molar-refractivity contribution is 7.86. The maximum Gasteiger partial charge on any atom is 0.304 e. The number of hydrogen-bond donors (Lipinski definition) is 1. The summed E-state index contributed by atoms with van der Waals surface area (Å²) >= 11 is 0. The van der Waals surface area contributed by atoms with Crippen molar-refractivity contribution in [3.63, 3.8) is 0 Å². The summed E-state index contributed by atoms with van der Waals surface area (Å²) in [7, 11) is -2.15. The van der Waals surface area contributed by atoms with Crippen molar-refractivity contribution in [2.24, 2.45) is 5.41 Å². The van der Waals surface area contributed by atoms with Crippen LogP contribution in [0.15, 0.2) is 0 Å². The summed E-state index contributed by atoms with van der Waals surface area (Å²) < 4.78 is 34.2. The van der Waals surface area contributed by atoms with E-state index in [4.69, 9.17) is 4.74 Å². The van der Waals surface area contributed by atoms with Gasteiger partial charge in [-0.1, -0.05) is 0 Å². The van der Waals surface area contributed by atoms with Crippen LogP contribution in [-0.2, 0) is 19.7 Å². The van der Waals surface area contributed by atoms with Crippen molar-refractivity contribution >= 4 is 16.2 Å². The van der Waals surface area contributed by atoms with Crippen molar-refractivity contribution in [1.82, 2.24) is 8.61 Å². The van der Waals surface area contributed by atoms with E-state index in [0.717, 1.165) is 12.8 Å². The van der Waals surface area contributed by atoms with Gasteiger partial charge in [0.05, 0.1) is 6.42 Å². The molecule has 0 bridgehead atoms. The Bertz CT molecular complexity index is 549. The Morgan fingerprint density at radius 3 is 2.39 bits per heavy atom. The predicted octanol–water partition coefficient (Wildman–Crippen LogP) is 1.31. The summed E-state index contributed by atoms with van der Waals surface area (Å²) in [5, 5.41) is 9.18. The van der Waals surface area contributed by atoms with Crippen molar-refractivity contribution < 1.29 is 23.1 Å². The van der Waals surface area contributed by atoms with Crippen molar-refractivity contribution in [2.75, 3.05) is 26.8 Å². The average Bonchev–Trinajstić information content (AvgIpc) is 2.75. The van der Waals surface area contributed by atoms with Gasteiger partial charge in [-0.25, -0.2) is 0 Å². The fourth-order valence-corrected chi connectivity index (χ4v) is 5.41. The highest BCUT2D eigenvalue weighted by Crippen LogP contribution is 2.45. The SMILES string of the molecule is CN(C(C)(C)C)S(=O)(=O)N1CC2(CCOCC2)CC1CC(=O)O. The molecule has 2 fully saturated rings. The summed E-state index contributed by atoms with van der Waals surface area (Å²) in [6, 6.07) is -0.486. The van der Waals surface area contributed by atoms with Crippen LogP contribution >= 0.6 is 0 Å². The molecule has 7 nitrogen and oxygen atoms in total. The highest BCUT2D eigenvalue weighted by atomic mass is 32.2. The zero-order chi connectivity index (χ0) is 17.5. The third-order valence-corrected chi connectivity index (χ3v) is 7.38. The number of carbonyl (C=O) groups is 1. The minimum absolute atomic E-state index is 0.149. The van der Waals surface area contributed by atoms with E-state index in [1.54, 1.807) is 7.05 Å². The Morgan fingerprint density at radius 1 is 1.35 bits per heavy atom. The summed E-state index contributed by atoms with van der Waals surface area (Å²) in [6.45, 7) is 7.10. The van der Waals surface area contributed by atoms with Crippen LogP contribution in [0, 0.1) is 5.41 Å². The van der Waals surface area contributed by atoms with Crippen LogP contribution in [0.5, 0.6) is 0 Å². The van der Waals surface area contributed by atoms with E-state index in [0.29, 0.717) is 26.2 Å². The molecule has 2 heterocycles. The van der Waals surface area contributed by atoms with Gasteiger partial charge in [-0.3, -0.25) is 4.79 Å². The Kier molecular flexibility index (Phi) is 5.11. The van der Waals surface area contributed by atoms with Crippen molar-refractivity contribution in [3.8, 4) is 0 Å². The molecular formula is C15H28N2O5S. The smallest absolute Gasteiger partial charge is 0.304 e. The first-order chi connectivity index (χ1) is 10.5. The fraction of sp³-hybridized carbons (Fsp3) is 0.933. The van der Waals surface area contributed by atoms with Crippen LogP contribution in [0.4, 0.5) is 0 Å². The third kappa shape index (κ3) is 3.87. The molecule has 2 rings (SSSR count). The normalized spacial score (nSPS) is 26.0. The molecule has 2 aliphatic rings. The van der Waals surface area contributed by atoms with E-state index < -0.39 is 27.8 Å². The molecule has 2 saturated heterocycles. The quantitative estimate of drug-likeness (QED) is 0.828. The Balaban J connectivity index is 2.31. The second kappa shape index (κ2) is 6.31. The van der Waals surface area contributed by atoms with E-state index >= 15 is 0 Å². The number of carboxylic acids is 1. The third-order valence-electron chi connectivity index (χ3n) is 5.12. The second-order valence-corrected chi connectivity index (χ2v) is 9.67. The van der Waals surface area contributed by atoms with Gasteiger partial charge in [0, 0.05) is 38.4 Å². The predicted molar refractivity (Wildman–Crippen MR) is 86.3 cm³/mol. The lowest BCUT2D eigenvalue weighted by Crippen LogP contribution is -2.52. The minimum atomic E-state index is -3.70. The van der Waals surface area contributed by atoms with E-state index in [9.17, 15) is 18.3 Å². The molecule has 134 valence electrons. The van der Waals surface area contributed by atoms with Crippen LogP contribution in [0.25, 0.3) is 0 Å². The van der Waals surface area contributed by atoms with Gasteiger partial charge in [-0.2, -0.15) is 17.0 Å². The Morgan fingerprint density at radius 2 is 1.91 bits per heavy atom. The van der Waals surface area contributed by atoms with Gasteiger partial charge in [0.1, 0.15) is 0 Å². The lowest BCUT2D eigenvalue weighted by Gasteiger charge is -2.37. The van der Waals surface area contributed by atoms with Gasteiger partial charge < -0.3 is 9.84 Å². The van der Waals surface area contributed by atoms with E-state index in [1.165, 1.54) is 8.61 Å². The van der Waals surface area contributed by atoms with Crippen molar-refractivity contribution in [2.45, 2.75) is 58.0 Å². The molecule has 0 aromatic rings. The van der Waals surface area contributed by atoms with Crippen LogP contribution in [0.3, 0.4) is 0 Å². The summed E-state index contributed by atoms with van der Waals surface area (Å²) in [6.07, 6.45) is 2.02. The number of hydrogen-bond acceptors (Lipinski definition) is 4. The van der Waals surface area contributed by atoms with E-state index in [-0.39, 0.29) is 11.8 Å². The van der Waals surface area contributed by atoms with Gasteiger partial charge in [0.2, 0.25) is 0 Å². The topological polar surface area (TPSA) is 87.2 Å². The number of carboxylic acid groups (broad SMARTS) is 1. The first-order valence-electron chi connectivity index (χ1n) is 8.03. The molecular weight excluding hydrogens is 320 g/mol. The Hall–Kier alpha value is -0.700. The van der Waals surface area contributed by atoms with Crippen molar-refractivity contribution in [1.29, 1.82) is 0 Å². The highest BCUT2D eigenvalue weighted by Gasteiger charge is 2.51. The number of ether oxygens (including phenoxy) is 1. The summed E-state index contributed by atoms with van der Waals surface area (Å²) in [5.41, 5.74) is -0.706. The maximum absolute atomic E-state index is 13.0. The van der Waals surface area contributed by atoms with Gasteiger partial charge in [0.15, 0.2) is 0 Å². The summed E-state index contributed by atoms with van der Waals surface area (Å²) in [4.78, 5) is 11.2. The molecule has 0 radical (unpaired) electrons. The Labute approximate surface area is 138 Å². The zero-order valence-corrected chi connectivity index (χ0v) is 15.2. The fourth-order valence-electron chi connectivity index (χ4n) is 3.44. The van der Waals surface area contributed by atoms with E-state index in [2.05, 4.69) is 0 Å². The van der Waals surface area contributed by atoms with Crippen molar-refractivity contribution in [3.05, 3.63) is 0 Å². The van der Waals surface area contributed by atoms with E-state index in [1.807, 2.05) is 20.8 Å². The van der Waals surface area contributed by atoms with Crippen LogP contribution in [0.2, 0.25) is 0 Å². The largest absolute Gasteiger partial charge is 0.481 e. The standard InChI is InChI=1S/C15H28N2O5S/c1-14(2,3)16(4)23(20,21)17-11-15(5-7-22-8-6-15)10-12(17)9-13(18)19/h12H,5-11H2,1-4H3,(H,18,19). The molecule has 1 unspecified atom stereocenters. The average molecular weight is 348 g/mol. The molecule has 0 amide bonds. The van der Waals surface area contributed by atoms with Gasteiger partial charge in [-0.15, -0.1) is 0 Å². The molecule has 1 spiro atoms. The lowest BCUT2D eigenvalue weighted by atomic mass is 9.78. The number of nitrogens with zero attached hydrogens (tertiary/aromatic N) is 2. The first kappa shape index (κ1) is 18.6. The van der Waals surface area contributed by atoms with Crippen LogP contribution in [-0.4, -0.2) is 66.5 Å². The number of aliphatic carboxylic acids is 1. The summed E-state index contributed by atoms with van der Waals surface area (Å²) in [5.74, 6) is -0.960. The molecule has 0 saturated carbocycles. The molecule has 1 N–H and O–H groups in total. The van der Waals surface area contributed by atoms with Gasteiger partial charge >= 0.3 is 5.97 Å². The van der Waals surface area contributed by atoms with Crippen LogP contribution in [0.1, 0.15) is 46.5 Å². The molecule has 0 aromatic heterocycles. The molecule has 2 aliphatic heterocycles. The first-order valence-corrected chi connectivity index (χ1v) is 9.43. The second-order valence-electron chi connectivity index (χ2n) is 7.76. The minimum Gasteiger partial charge on any atom is -0.481 e. The monoisotopic (exact) mass is 348 g/mol. The maximum atomic E-state index is 13.0. The molecule has 0 aromatic carbocycles. The molecule has 0 aliphatic carbocycles. The van der Waals surface area contributed by atoms with Gasteiger partial charge in [-0.05, 0) is 45.4 Å². The molecule has 1 atom stereocenters. The lowest BCUT2D eigenvalue weighted by molar-refractivity contribution is -0.137. The van der Waals surface area contributed by atoms with Crippen LogP contribution < -0.4 is 0 Å².